The Morgan fingerprint density at radius 3 is 1.95 bits per heavy atom. The molecule has 0 spiro atoms. The first kappa shape index (κ1) is 18.7. The fourth-order valence-corrected chi connectivity index (χ4v) is 2.96. The Morgan fingerprint density at radius 1 is 0.909 bits per heavy atom. The first-order chi connectivity index (χ1) is 10.5. The second kappa shape index (κ2) is 9.66. The van der Waals surface area contributed by atoms with Crippen molar-refractivity contribution in [3.8, 4) is 0 Å². The summed E-state index contributed by atoms with van der Waals surface area (Å²) in [5.41, 5.74) is 2.14. The van der Waals surface area contributed by atoms with Crippen LogP contribution in [0.25, 0.3) is 0 Å². The van der Waals surface area contributed by atoms with E-state index in [1.54, 1.807) is 0 Å². The summed E-state index contributed by atoms with van der Waals surface area (Å²) in [7, 11) is 0. The van der Waals surface area contributed by atoms with Gasteiger partial charge in [0, 0.05) is 17.6 Å². The van der Waals surface area contributed by atoms with Gasteiger partial charge in [-0.3, -0.25) is 4.79 Å². The number of amides is 1. The number of hydrogen-bond donors (Lipinski definition) is 0. The van der Waals surface area contributed by atoms with Crippen LogP contribution in [0.1, 0.15) is 82.6 Å². The minimum atomic E-state index is 0.138. The number of aryl methyl sites for hydroxylation is 1. The Balaban J connectivity index is 2.58. The molecule has 124 valence electrons. The van der Waals surface area contributed by atoms with Gasteiger partial charge in [-0.25, -0.2) is 0 Å². The normalized spacial score (nSPS) is 11.2. The fourth-order valence-electron chi connectivity index (χ4n) is 2.96. The van der Waals surface area contributed by atoms with Crippen molar-refractivity contribution in [3.63, 3.8) is 0 Å². The van der Waals surface area contributed by atoms with E-state index >= 15 is 0 Å². The van der Waals surface area contributed by atoms with E-state index in [4.69, 9.17) is 0 Å². The first-order valence-electron chi connectivity index (χ1n) is 8.89. The molecule has 0 heterocycles. The third-order valence-electron chi connectivity index (χ3n) is 4.12. The van der Waals surface area contributed by atoms with E-state index in [0.717, 1.165) is 12.0 Å². The molecule has 0 N–H and O–H groups in total. The lowest BCUT2D eigenvalue weighted by Gasteiger charge is -2.30. The number of rotatable bonds is 9. The molecule has 2 heteroatoms. The number of unbranched alkanes of at least 4 members (excludes halogenated alkanes) is 4. The highest BCUT2D eigenvalue weighted by Gasteiger charge is 2.21. The molecule has 0 aliphatic carbocycles. The molecule has 0 saturated carbocycles. The van der Waals surface area contributed by atoms with Crippen LogP contribution in [0.4, 0.5) is 0 Å². The Hall–Kier alpha value is -1.31. The number of carbonyl (C=O) groups is 1. The van der Waals surface area contributed by atoms with Crippen LogP contribution in [-0.4, -0.2) is 22.9 Å². The Morgan fingerprint density at radius 2 is 1.45 bits per heavy atom. The summed E-state index contributed by atoms with van der Waals surface area (Å²) in [6.45, 7) is 10.5. The number of benzene rings is 1. The van der Waals surface area contributed by atoms with E-state index in [1.807, 2.05) is 17.0 Å². The highest BCUT2D eigenvalue weighted by molar-refractivity contribution is 5.94. The molecule has 1 rings (SSSR count). The average molecular weight is 303 g/mol. The zero-order valence-corrected chi connectivity index (χ0v) is 15.1. The molecule has 0 aliphatic heterocycles. The van der Waals surface area contributed by atoms with Crippen LogP contribution in [0.5, 0.6) is 0 Å². The lowest BCUT2D eigenvalue weighted by molar-refractivity contribution is 0.0643. The molecule has 1 aromatic carbocycles. The van der Waals surface area contributed by atoms with Gasteiger partial charge in [0.25, 0.3) is 5.91 Å². The summed E-state index contributed by atoms with van der Waals surface area (Å²) in [6.07, 6.45) is 7.65. The summed E-state index contributed by atoms with van der Waals surface area (Å²) in [5.74, 6) is 0.138. The maximum absolute atomic E-state index is 12.6. The lowest BCUT2D eigenvalue weighted by atomic mass is 10.0. The fraction of sp³-hybridized carbons (Fsp3) is 0.650. The minimum Gasteiger partial charge on any atom is -0.334 e. The molecule has 22 heavy (non-hydrogen) atoms. The summed E-state index contributed by atoms with van der Waals surface area (Å²) in [6, 6.07) is 8.66. The second-order valence-electron chi connectivity index (χ2n) is 6.76. The van der Waals surface area contributed by atoms with Gasteiger partial charge in [-0.2, -0.15) is 0 Å². The zero-order chi connectivity index (χ0) is 16.5. The third-order valence-corrected chi connectivity index (χ3v) is 4.12. The van der Waals surface area contributed by atoms with Crippen LogP contribution < -0.4 is 0 Å². The molecule has 0 saturated heterocycles. The molecule has 1 amide bonds. The number of hydrogen-bond acceptors (Lipinski definition) is 1. The summed E-state index contributed by atoms with van der Waals surface area (Å²) >= 11 is 0. The maximum Gasteiger partial charge on any atom is 0.254 e. The van der Waals surface area contributed by atoms with Crippen molar-refractivity contribution >= 4 is 5.91 Å². The second-order valence-corrected chi connectivity index (χ2v) is 6.76. The van der Waals surface area contributed by atoms with Crippen molar-refractivity contribution < 1.29 is 4.79 Å². The first-order valence-corrected chi connectivity index (χ1v) is 8.89. The third kappa shape index (κ3) is 5.82. The molecule has 0 aromatic heterocycles. The molecule has 2 nitrogen and oxygen atoms in total. The lowest BCUT2D eigenvalue weighted by Crippen LogP contribution is -2.42. The highest BCUT2D eigenvalue weighted by atomic mass is 16.2. The number of carbonyl (C=O) groups excluding carboxylic acids is 1. The van der Waals surface area contributed by atoms with Gasteiger partial charge < -0.3 is 4.90 Å². The van der Waals surface area contributed by atoms with E-state index in [9.17, 15) is 4.79 Å². The van der Waals surface area contributed by atoms with Crippen molar-refractivity contribution in [2.24, 2.45) is 0 Å². The van der Waals surface area contributed by atoms with Crippen molar-refractivity contribution in [1.29, 1.82) is 0 Å². The van der Waals surface area contributed by atoms with E-state index in [0.29, 0.717) is 0 Å². The van der Waals surface area contributed by atoms with Gasteiger partial charge in [-0.1, -0.05) is 44.7 Å². The topological polar surface area (TPSA) is 20.3 Å². The SMILES string of the molecule is CCCCCCCc1ccc(C(=O)N(C(C)C)C(C)C)cc1. The quantitative estimate of drug-likeness (QED) is 0.555. The van der Waals surface area contributed by atoms with Crippen molar-refractivity contribution in [2.45, 2.75) is 85.2 Å². The smallest absolute Gasteiger partial charge is 0.254 e. The Kier molecular flexibility index (Phi) is 8.22. The van der Waals surface area contributed by atoms with Crippen LogP contribution in [-0.2, 0) is 6.42 Å². The van der Waals surface area contributed by atoms with E-state index in [2.05, 4.69) is 46.8 Å². The molecule has 0 fully saturated rings. The summed E-state index contributed by atoms with van der Waals surface area (Å²) in [5, 5.41) is 0. The molecular formula is C20H33NO. The highest BCUT2D eigenvalue weighted by Crippen LogP contribution is 2.15. The molecule has 0 bridgehead atoms. The van der Waals surface area contributed by atoms with Crippen molar-refractivity contribution in [2.75, 3.05) is 0 Å². The van der Waals surface area contributed by atoms with Crippen LogP contribution in [0, 0.1) is 0 Å². The van der Waals surface area contributed by atoms with E-state index in [1.165, 1.54) is 37.7 Å². The largest absolute Gasteiger partial charge is 0.334 e. The van der Waals surface area contributed by atoms with Crippen LogP contribution in [0.3, 0.4) is 0 Å². The van der Waals surface area contributed by atoms with Crippen LogP contribution >= 0.6 is 0 Å². The molecular weight excluding hydrogens is 270 g/mol. The predicted octanol–water partition coefficient (Wildman–Crippen LogP) is 5.46. The van der Waals surface area contributed by atoms with Crippen molar-refractivity contribution in [3.05, 3.63) is 35.4 Å². The minimum absolute atomic E-state index is 0.138. The predicted molar refractivity (Wildman–Crippen MR) is 95.3 cm³/mol. The summed E-state index contributed by atoms with van der Waals surface area (Å²) in [4.78, 5) is 14.5. The molecule has 0 unspecified atom stereocenters. The molecule has 0 radical (unpaired) electrons. The Labute approximate surface area is 136 Å². The van der Waals surface area contributed by atoms with Gasteiger partial charge in [-0.15, -0.1) is 0 Å². The van der Waals surface area contributed by atoms with Gasteiger partial charge in [0.1, 0.15) is 0 Å². The van der Waals surface area contributed by atoms with Gasteiger partial charge in [0.2, 0.25) is 0 Å². The van der Waals surface area contributed by atoms with Gasteiger partial charge in [-0.05, 0) is 58.2 Å². The molecule has 0 atom stereocenters. The van der Waals surface area contributed by atoms with Crippen LogP contribution in [0.15, 0.2) is 24.3 Å². The monoisotopic (exact) mass is 303 g/mol. The van der Waals surface area contributed by atoms with E-state index in [-0.39, 0.29) is 18.0 Å². The van der Waals surface area contributed by atoms with Crippen LogP contribution in [0.2, 0.25) is 0 Å². The molecule has 0 aliphatic rings. The van der Waals surface area contributed by atoms with Crippen molar-refractivity contribution in [1.82, 2.24) is 4.90 Å². The number of nitrogens with zero attached hydrogens (tertiary/aromatic N) is 1. The standard InChI is InChI=1S/C20H33NO/c1-6-7-8-9-10-11-18-12-14-19(15-13-18)20(22)21(16(2)3)17(4)5/h12-17H,6-11H2,1-5H3. The van der Waals surface area contributed by atoms with Gasteiger partial charge in [0.05, 0.1) is 0 Å². The molecule has 1 aromatic rings. The van der Waals surface area contributed by atoms with Gasteiger partial charge >= 0.3 is 0 Å². The van der Waals surface area contributed by atoms with Gasteiger partial charge in [0.15, 0.2) is 0 Å². The summed E-state index contributed by atoms with van der Waals surface area (Å²) < 4.78 is 0. The zero-order valence-electron chi connectivity index (χ0n) is 15.1. The Bertz CT molecular complexity index is 426. The maximum atomic E-state index is 12.6. The average Bonchev–Trinajstić information content (AvgIpc) is 2.47. The van der Waals surface area contributed by atoms with E-state index < -0.39 is 0 Å².